The Labute approximate surface area is 137 Å². The third kappa shape index (κ3) is 3.06. The molecule has 1 N–H and O–H groups in total. The molecular weight excluding hydrogens is 336 g/mol. The smallest absolute Gasteiger partial charge is 0.336 e. The molecule has 116 valence electrons. The van der Waals surface area contributed by atoms with Gasteiger partial charge in [0.1, 0.15) is 0 Å². The molecule has 3 aromatic rings. The lowest BCUT2D eigenvalue weighted by atomic mass is 9.97. The molecule has 0 aliphatic carbocycles. The van der Waals surface area contributed by atoms with E-state index in [0.29, 0.717) is 16.5 Å². The highest BCUT2D eigenvalue weighted by Gasteiger charge is 2.13. The summed E-state index contributed by atoms with van der Waals surface area (Å²) in [7, 11) is 1.56. The van der Waals surface area contributed by atoms with E-state index in [9.17, 15) is 18.3 Å². The van der Waals surface area contributed by atoms with E-state index in [2.05, 4.69) is 0 Å². The second-order valence-electron chi connectivity index (χ2n) is 5.01. The number of rotatable bonds is 3. The molecule has 0 aliphatic heterocycles. The highest BCUT2D eigenvalue weighted by atomic mass is 35.7. The van der Waals surface area contributed by atoms with Crippen molar-refractivity contribution in [1.82, 2.24) is 0 Å². The first-order chi connectivity index (χ1) is 10.9. The van der Waals surface area contributed by atoms with Crippen LogP contribution in [0.1, 0.15) is 10.4 Å². The molecule has 0 bridgehead atoms. The Balaban J connectivity index is 2.22. The number of carboxylic acids is 1. The lowest BCUT2D eigenvalue weighted by molar-refractivity contribution is 0.0697. The minimum Gasteiger partial charge on any atom is -0.478 e. The normalized spacial score (nSPS) is 11.5. The van der Waals surface area contributed by atoms with E-state index >= 15 is 0 Å². The van der Waals surface area contributed by atoms with Gasteiger partial charge in [-0.05, 0) is 46.2 Å². The molecule has 6 heteroatoms. The zero-order chi connectivity index (χ0) is 16.6. The van der Waals surface area contributed by atoms with E-state index in [1.807, 2.05) is 6.07 Å². The van der Waals surface area contributed by atoms with Gasteiger partial charge >= 0.3 is 5.97 Å². The average Bonchev–Trinajstić information content (AvgIpc) is 2.53. The summed E-state index contributed by atoms with van der Waals surface area (Å²) in [6.07, 6.45) is 0. The van der Waals surface area contributed by atoms with E-state index < -0.39 is 15.0 Å². The largest absolute Gasteiger partial charge is 0.478 e. The zero-order valence-corrected chi connectivity index (χ0v) is 13.3. The molecule has 23 heavy (non-hydrogen) atoms. The number of hydrogen-bond acceptors (Lipinski definition) is 3. The molecule has 0 atom stereocenters. The maximum absolute atomic E-state index is 11.5. The van der Waals surface area contributed by atoms with Crippen molar-refractivity contribution >= 4 is 36.5 Å². The van der Waals surface area contributed by atoms with Crippen LogP contribution in [0, 0.1) is 0 Å². The van der Waals surface area contributed by atoms with E-state index in [1.54, 1.807) is 36.4 Å². The summed E-state index contributed by atoms with van der Waals surface area (Å²) in [5, 5.41) is 10.8. The van der Waals surface area contributed by atoms with Crippen molar-refractivity contribution in [3.8, 4) is 11.1 Å². The van der Waals surface area contributed by atoms with Gasteiger partial charge in [-0.2, -0.15) is 0 Å². The summed E-state index contributed by atoms with van der Waals surface area (Å²) in [5.41, 5.74) is 1.45. The predicted octanol–water partition coefficient (Wildman–Crippen LogP) is 4.13. The molecule has 0 spiro atoms. The van der Waals surface area contributed by atoms with Crippen molar-refractivity contribution in [2.75, 3.05) is 0 Å². The van der Waals surface area contributed by atoms with Crippen LogP contribution in [-0.2, 0) is 9.05 Å². The number of fused-ring (bicyclic) bond motifs is 1. The Kier molecular flexibility index (Phi) is 3.83. The first-order valence-corrected chi connectivity index (χ1v) is 8.98. The Morgan fingerprint density at radius 3 is 2.30 bits per heavy atom. The fraction of sp³-hybridized carbons (Fsp3) is 0. The van der Waals surface area contributed by atoms with Gasteiger partial charge in [-0.15, -0.1) is 0 Å². The lowest BCUT2D eigenvalue weighted by Crippen LogP contribution is -1.99. The summed E-state index contributed by atoms with van der Waals surface area (Å²) in [6.45, 7) is 0. The Hall–Kier alpha value is -2.37. The Bertz CT molecular complexity index is 1030. The molecule has 0 saturated heterocycles. The van der Waals surface area contributed by atoms with Gasteiger partial charge in [0.25, 0.3) is 9.05 Å². The van der Waals surface area contributed by atoms with Gasteiger partial charge < -0.3 is 5.11 Å². The van der Waals surface area contributed by atoms with Crippen LogP contribution in [0.5, 0.6) is 0 Å². The number of benzene rings is 3. The Morgan fingerprint density at radius 2 is 1.61 bits per heavy atom. The van der Waals surface area contributed by atoms with Crippen LogP contribution in [-0.4, -0.2) is 19.5 Å². The molecule has 0 saturated carbocycles. The highest BCUT2D eigenvalue weighted by Crippen LogP contribution is 2.29. The minimum atomic E-state index is -3.82. The first kappa shape index (κ1) is 15.5. The van der Waals surface area contributed by atoms with Crippen LogP contribution in [0.3, 0.4) is 0 Å². The lowest BCUT2D eigenvalue weighted by Gasteiger charge is -2.08. The van der Waals surface area contributed by atoms with Crippen molar-refractivity contribution in [3.63, 3.8) is 0 Å². The maximum atomic E-state index is 11.5. The molecule has 3 rings (SSSR count). The number of halogens is 1. The standard InChI is InChI=1S/C17H11ClO4S/c18-23(21,22)14-8-7-11-5-6-12(9-13(11)10-14)15-3-1-2-4-16(15)17(19)20/h1-10H,(H,19,20). The second-order valence-corrected chi connectivity index (χ2v) is 7.58. The second kappa shape index (κ2) is 5.68. The van der Waals surface area contributed by atoms with Crippen molar-refractivity contribution in [3.05, 3.63) is 66.2 Å². The van der Waals surface area contributed by atoms with Gasteiger partial charge in [0.2, 0.25) is 0 Å². The van der Waals surface area contributed by atoms with E-state index in [4.69, 9.17) is 10.7 Å². The van der Waals surface area contributed by atoms with E-state index in [0.717, 1.165) is 5.39 Å². The molecular formula is C17H11ClO4S. The summed E-state index contributed by atoms with van der Waals surface area (Å²) in [5.74, 6) is -1.02. The van der Waals surface area contributed by atoms with Crippen molar-refractivity contribution in [1.29, 1.82) is 0 Å². The van der Waals surface area contributed by atoms with Gasteiger partial charge in [-0.25, -0.2) is 13.2 Å². The summed E-state index contributed by atoms with van der Waals surface area (Å²) >= 11 is 0. The number of hydrogen-bond donors (Lipinski definition) is 1. The molecule has 0 fully saturated rings. The third-order valence-corrected chi connectivity index (χ3v) is 4.91. The van der Waals surface area contributed by atoms with Gasteiger partial charge in [0.15, 0.2) is 0 Å². The van der Waals surface area contributed by atoms with Gasteiger partial charge in [-0.1, -0.05) is 36.4 Å². The van der Waals surface area contributed by atoms with Crippen molar-refractivity contribution in [2.45, 2.75) is 4.90 Å². The number of carboxylic acid groups (broad SMARTS) is 1. The SMILES string of the molecule is O=C(O)c1ccccc1-c1ccc2ccc(S(=O)(=O)Cl)cc2c1. The summed E-state index contributed by atoms with van der Waals surface area (Å²) in [6, 6.07) is 16.6. The van der Waals surface area contributed by atoms with Crippen LogP contribution >= 0.6 is 10.7 Å². The van der Waals surface area contributed by atoms with Crippen molar-refractivity contribution in [2.24, 2.45) is 0 Å². The van der Waals surface area contributed by atoms with Crippen LogP contribution < -0.4 is 0 Å². The fourth-order valence-electron chi connectivity index (χ4n) is 2.47. The van der Waals surface area contributed by atoms with Gasteiger partial charge in [0.05, 0.1) is 10.5 Å². The van der Waals surface area contributed by atoms with Gasteiger partial charge in [0, 0.05) is 10.7 Å². The van der Waals surface area contributed by atoms with Crippen molar-refractivity contribution < 1.29 is 18.3 Å². The molecule has 4 nitrogen and oxygen atoms in total. The minimum absolute atomic E-state index is 0.00957. The highest BCUT2D eigenvalue weighted by molar-refractivity contribution is 8.13. The Morgan fingerprint density at radius 1 is 0.913 bits per heavy atom. The molecule has 3 aromatic carbocycles. The predicted molar refractivity (Wildman–Crippen MR) is 89.4 cm³/mol. The zero-order valence-electron chi connectivity index (χ0n) is 11.7. The van der Waals surface area contributed by atoms with Crippen LogP contribution in [0.4, 0.5) is 0 Å². The van der Waals surface area contributed by atoms with Gasteiger partial charge in [-0.3, -0.25) is 0 Å². The molecule has 0 amide bonds. The van der Waals surface area contributed by atoms with Crippen LogP contribution in [0.25, 0.3) is 21.9 Å². The van der Waals surface area contributed by atoms with E-state index in [1.165, 1.54) is 18.2 Å². The third-order valence-electron chi connectivity index (χ3n) is 3.56. The number of aromatic carboxylic acids is 1. The molecule has 0 aromatic heterocycles. The monoisotopic (exact) mass is 346 g/mol. The topological polar surface area (TPSA) is 71.4 Å². The quantitative estimate of drug-likeness (QED) is 0.724. The fourth-order valence-corrected chi connectivity index (χ4v) is 3.25. The number of carbonyl (C=O) groups is 1. The first-order valence-electron chi connectivity index (χ1n) is 6.67. The molecule has 0 radical (unpaired) electrons. The summed E-state index contributed by atoms with van der Waals surface area (Å²) < 4.78 is 22.9. The van der Waals surface area contributed by atoms with E-state index in [-0.39, 0.29) is 10.5 Å². The summed E-state index contributed by atoms with van der Waals surface area (Å²) in [4.78, 5) is 11.4. The molecule has 0 aliphatic rings. The average molecular weight is 347 g/mol. The van der Waals surface area contributed by atoms with Crippen LogP contribution in [0.15, 0.2) is 65.6 Å². The van der Waals surface area contributed by atoms with Crippen LogP contribution in [0.2, 0.25) is 0 Å². The molecule has 0 unspecified atom stereocenters. The maximum Gasteiger partial charge on any atom is 0.336 e. The molecule has 0 heterocycles.